The summed E-state index contributed by atoms with van der Waals surface area (Å²) in [5.41, 5.74) is 2.58. The summed E-state index contributed by atoms with van der Waals surface area (Å²) < 4.78 is 0. The van der Waals surface area contributed by atoms with E-state index in [1.165, 1.54) is 0 Å². The monoisotopic (exact) mass is 419 g/mol. The highest BCUT2D eigenvalue weighted by Gasteiger charge is 2.48. The smallest absolute Gasteiger partial charge is 0.306 e. The lowest BCUT2D eigenvalue weighted by Crippen LogP contribution is -2.44. The third-order valence-corrected chi connectivity index (χ3v) is 5.87. The van der Waals surface area contributed by atoms with E-state index < -0.39 is 30.3 Å². The van der Waals surface area contributed by atoms with Crippen LogP contribution in [0.15, 0.2) is 54.6 Å². The van der Waals surface area contributed by atoms with E-state index in [4.69, 9.17) is 0 Å². The molecular formula is C24H25N3O4. The van der Waals surface area contributed by atoms with Crippen LogP contribution in [0.4, 0.5) is 10.5 Å². The lowest BCUT2D eigenvalue weighted by atomic mass is 10.1. The third kappa shape index (κ3) is 4.21. The van der Waals surface area contributed by atoms with Gasteiger partial charge in [-0.15, -0.1) is 0 Å². The van der Waals surface area contributed by atoms with Gasteiger partial charge < -0.3 is 4.90 Å². The molecule has 1 saturated carbocycles. The minimum absolute atomic E-state index is 0.249. The van der Waals surface area contributed by atoms with Gasteiger partial charge in [0.05, 0.1) is 6.54 Å². The van der Waals surface area contributed by atoms with Crippen molar-refractivity contribution < 1.29 is 19.2 Å². The molecule has 2 aromatic rings. The summed E-state index contributed by atoms with van der Waals surface area (Å²) in [4.78, 5) is 54.5. The number of nitrogens with zero attached hydrogens (tertiary/aromatic N) is 3. The molecule has 0 atom stereocenters. The van der Waals surface area contributed by atoms with Gasteiger partial charge in [-0.25, -0.2) is 9.69 Å². The average molecular weight is 419 g/mol. The third-order valence-electron chi connectivity index (χ3n) is 5.87. The van der Waals surface area contributed by atoms with Gasteiger partial charge >= 0.3 is 17.8 Å². The van der Waals surface area contributed by atoms with E-state index in [0.29, 0.717) is 25.1 Å². The second-order valence-electron chi connectivity index (χ2n) is 8.09. The maximum absolute atomic E-state index is 13.3. The molecule has 5 amide bonds. The number of benzene rings is 2. The SMILES string of the molecule is Cc1cccc(N(Cc2ccccc2)C(=O)CN2C(=O)C(=O)N(C3CCCC3)C2=O)c1. The molecule has 1 saturated heterocycles. The van der Waals surface area contributed by atoms with E-state index in [0.717, 1.165) is 33.8 Å². The Hall–Kier alpha value is -3.48. The molecule has 7 heteroatoms. The Labute approximate surface area is 181 Å². The summed E-state index contributed by atoms with van der Waals surface area (Å²) in [6.45, 7) is 1.76. The number of carbonyl (C=O) groups is 4. The van der Waals surface area contributed by atoms with Crippen LogP contribution in [0.5, 0.6) is 0 Å². The van der Waals surface area contributed by atoms with Crippen LogP contribution in [-0.4, -0.2) is 46.1 Å². The van der Waals surface area contributed by atoms with E-state index >= 15 is 0 Å². The number of hydrogen-bond acceptors (Lipinski definition) is 4. The molecule has 2 aromatic carbocycles. The topological polar surface area (TPSA) is 78.0 Å². The number of urea groups is 1. The summed E-state index contributed by atoms with van der Waals surface area (Å²) in [7, 11) is 0. The fourth-order valence-corrected chi connectivity index (χ4v) is 4.25. The Morgan fingerprint density at radius 2 is 1.68 bits per heavy atom. The van der Waals surface area contributed by atoms with E-state index in [1.807, 2.05) is 61.5 Å². The van der Waals surface area contributed by atoms with Crippen LogP contribution in [0.2, 0.25) is 0 Å². The number of carbonyl (C=O) groups excluding carboxylic acids is 4. The van der Waals surface area contributed by atoms with Crippen LogP contribution in [-0.2, 0) is 20.9 Å². The van der Waals surface area contributed by atoms with Crippen molar-refractivity contribution in [2.24, 2.45) is 0 Å². The fourth-order valence-electron chi connectivity index (χ4n) is 4.25. The second-order valence-corrected chi connectivity index (χ2v) is 8.09. The van der Waals surface area contributed by atoms with Crippen molar-refractivity contribution in [3.05, 3.63) is 65.7 Å². The Kier molecular flexibility index (Phi) is 5.84. The molecule has 160 valence electrons. The standard InChI is InChI=1S/C24H25N3O4/c1-17-8-7-13-20(14-17)25(15-18-9-3-2-4-10-18)21(28)16-26-22(29)23(30)27(24(26)31)19-11-5-6-12-19/h2-4,7-10,13-14,19H,5-6,11-12,15-16H2,1H3. The first-order valence-corrected chi connectivity index (χ1v) is 10.6. The molecule has 2 aliphatic rings. The number of amides is 5. The van der Waals surface area contributed by atoms with Gasteiger partial charge in [-0.3, -0.25) is 19.3 Å². The molecule has 0 spiro atoms. The predicted octanol–water partition coefficient (Wildman–Crippen LogP) is 3.26. The van der Waals surface area contributed by atoms with Gasteiger partial charge in [0.2, 0.25) is 5.91 Å². The van der Waals surface area contributed by atoms with Gasteiger partial charge in [0, 0.05) is 11.7 Å². The first-order valence-electron chi connectivity index (χ1n) is 10.6. The lowest BCUT2D eigenvalue weighted by molar-refractivity contribution is -0.144. The summed E-state index contributed by atoms with van der Waals surface area (Å²) >= 11 is 0. The Bertz CT molecular complexity index is 1010. The van der Waals surface area contributed by atoms with Crippen LogP contribution < -0.4 is 4.90 Å². The van der Waals surface area contributed by atoms with Crippen molar-refractivity contribution in [1.29, 1.82) is 0 Å². The van der Waals surface area contributed by atoms with Crippen molar-refractivity contribution in [3.8, 4) is 0 Å². The largest absolute Gasteiger partial charge is 0.334 e. The number of rotatable bonds is 6. The second kappa shape index (κ2) is 8.71. The van der Waals surface area contributed by atoms with E-state index in [9.17, 15) is 19.2 Å². The highest BCUT2D eigenvalue weighted by atomic mass is 16.2. The van der Waals surface area contributed by atoms with Crippen molar-refractivity contribution >= 4 is 29.4 Å². The van der Waals surface area contributed by atoms with Crippen molar-refractivity contribution in [2.75, 3.05) is 11.4 Å². The zero-order valence-electron chi connectivity index (χ0n) is 17.5. The van der Waals surface area contributed by atoms with Gasteiger partial charge in [0.25, 0.3) is 0 Å². The fraction of sp³-hybridized carbons (Fsp3) is 0.333. The van der Waals surface area contributed by atoms with Crippen molar-refractivity contribution in [1.82, 2.24) is 9.80 Å². The Morgan fingerprint density at radius 1 is 0.968 bits per heavy atom. The number of imide groups is 2. The van der Waals surface area contributed by atoms with Crippen molar-refractivity contribution in [3.63, 3.8) is 0 Å². The van der Waals surface area contributed by atoms with E-state index in [2.05, 4.69) is 0 Å². The molecule has 0 unspecified atom stereocenters. The maximum Gasteiger partial charge on any atom is 0.334 e. The minimum Gasteiger partial charge on any atom is -0.306 e. The molecule has 1 aliphatic heterocycles. The van der Waals surface area contributed by atoms with Gasteiger partial charge in [-0.1, -0.05) is 55.3 Å². The number of aryl methyl sites for hydroxylation is 1. The first kappa shape index (κ1) is 20.8. The molecule has 0 aromatic heterocycles. The quantitative estimate of drug-likeness (QED) is 0.532. The van der Waals surface area contributed by atoms with Crippen LogP contribution in [0.3, 0.4) is 0 Å². The average Bonchev–Trinajstić information content (AvgIpc) is 3.36. The van der Waals surface area contributed by atoms with Crippen molar-refractivity contribution in [2.45, 2.75) is 45.2 Å². The number of hydrogen-bond donors (Lipinski definition) is 0. The summed E-state index contributed by atoms with van der Waals surface area (Å²) in [6, 6.07) is 16.0. The summed E-state index contributed by atoms with van der Waals surface area (Å²) in [6.07, 6.45) is 3.26. The van der Waals surface area contributed by atoms with Gasteiger partial charge in [-0.05, 0) is 43.0 Å². The maximum atomic E-state index is 13.3. The Morgan fingerprint density at radius 3 is 2.35 bits per heavy atom. The molecule has 7 nitrogen and oxygen atoms in total. The molecular weight excluding hydrogens is 394 g/mol. The van der Waals surface area contributed by atoms with Gasteiger partial charge in [-0.2, -0.15) is 0 Å². The van der Waals surface area contributed by atoms with Gasteiger partial charge in [0.15, 0.2) is 0 Å². The number of anilines is 1. The zero-order chi connectivity index (χ0) is 22.0. The van der Waals surface area contributed by atoms with Crippen LogP contribution >= 0.6 is 0 Å². The van der Waals surface area contributed by atoms with Crippen LogP contribution in [0, 0.1) is 6.92 Å². The van der Waals surface area contributed by atoms with E-state index in [-0.39, 0.29) is 6.04 Å². The zero-order valence-corrected chi connectivity index (χ0v) is 17.5. The molecule has 1 aliphatic carbocycles. The summed E-state index contributed by atoms with van der Waals surface area (Å²) in [5.74, 6) is -2.17. The predicted molar refractivity (Wildman–Crippen MR) is 115 cm³/mol. The molecule has 0 N–H and O–H groups in total. The molecule has 31 heavy (non-hydrogen) atoms. The van der Waals surface area contributed by atoms with Crippen LogP contribution in [0.1, 0.15) is 36.8 Å². The van der Waals surface area contributed by atoms with Gasteiger partial charge in [0.1, 0.15) is 6.54 Å². The lowest BCUT2D eigenvalue weighted by Gasteiger charge is -2.26. The van der Waals surface area contributed by atoms with E-state index in [1.54, 1.807) is 4.90 Å². The highest BCUT2D eigenvalue weighted by Crippen LogP contribution is 2.28. The van der Waals surface area contributed by atoms with Crippen LogP contribution in [0.25, 0.3) is 0 Å². The molecule has 4 rings (SSSR count). The molecule has 1 heterocycles. The molecule has 0 radical (unpaired) electrons. The Balaban J connectivity index is 1.57. The summed E-state index contributed by atoms with van der Waals surface area (Å²) in [5, 5.41) is 0. The minimum atomic E-state index is -0.922. The molecule has 0 bridgehead atoms. The highest BCUT2D eigenvalue weighted by molar-refractivity contribution is 6.45. The first-order chi connectivity index (χ1) is 15.0. The molecule has 2 fully saturated rings. The normalized spacial score (nSPS) is 17.0.